The Morgan fingerprint density at radius 1 is 1.19 bits per heavy atom. The Hall–Kier alpha value is -2.15. The molecule has 1 aromatic carbocycles. The molecule has 1 aromatic heterocycles. The van der Waals surface area contributed by atoms with E-state index >= 15 is 4.39 Å². The summed E-state index contributed by atoms with van der Waals surface area (Å²) in [6, 6.07) is 0.145. The minimum Gasteiger partial charge on any atom is -0.369 e. The summed E-state index contributed by atoms with van der Waals surface area (Å²) in [6.45, 7) is 6.84. The van der Waals surface area contributed by atoms with Crippen molar-refractivity contribution in [1.82, 2.24) is 9.55 Å². The Labute approximate surface area is 150 Å². The second-order valence-corrected chi connectivity index (χ2v) is 7.85. The van der Waals surface area contributed by atoms with Gasteiger partial charge in [-0.05, 0) is 46.0 Å². The molecule has 1 aliphatic heterocycles. The molecule has 1 saturated carbocycles. The largest absolute Gasteiger partial charge is 0.369 e. The minimum atomic E-state index is -0.511. The molecule has 26 heavy (non-hydrogen) atoms. The Balaban J connectivity index is 2.00. The van der Waals surface area contributed by atoms with Gasteiger partial charge in [0.1, 0.15) is 0 Å². The number of aryl methyl sites for hydroxylation is 2. The van der Waals surface area contributed by atoms with Crippen molar-refractivity contribution < 1.29 is 4.39 Å². The van der Waals surface area contributed by atoms with Crippen LogP contribution in [-0.4, -0.2) is 28.7 Å². The number of nitrogens with zero attached hydrogens (tertiary/aromatic N) is 2. The second kappa shape index (κ2) is 5.94. The molecule has 2 aromatic rings. The fourth-order valence-electron chi connectivity index (χ4n) is 4.31. The first-order valence-corrected chi connectivity index (χ1v) is 9.29. The van der Waals surface area contributed by atoms with Crippen molar-refractivity contribution in [3.63, 3.8) is 0 Å². The van der Waals surface area contributed by atoms with E-state index in [1.165, 1.54) is 0 Å². The van der Waals surface area contributed by atoms with Crippen LogP contribution in [0.4, 0.5) is 10.1 Å². The molecule has 0 unspecified atom stereocenters. The maximum absolute atomic E-state index is 15.3. The Bertz CT molecular complexity index is 1000. The molecule has 0 radical (unpaired) electrons. The third-order valence-electron chi connectivity index (χ3n) is 5.96. The summed E-state index contributed by atoms with van der Waals surface area (Å²) in [4.78, 5) is 29.3. The molecule has 4 rings (SSSR count). The van der Waals surface area contributed by atoms with Gasteiger partial charge in [0.05, 0.1) is 16.6 Å². The lowest BCUT2D eigenvalue weighted by molar-refractivity contribution is 0.487. The normalized spacial score (nSPS) is 21.6. The van der Waals surface area contributed by atoms with E-state index in [0.717, 1.165) is 25.8 Å². The van der Waals surface area contributed by atoms with Crippen LogP contribution < -0.4 is 21.9 Å². The number of anilines is 1. The van der Waals surface area contributed by atoms with E-state index in [1.54, 1.807) is 11.5 Å². The first-order valence-electron chi connectivity index (χ1n) is 9.29. The van der Waals surface area contributed by atoms with Crippen LogP contribution in [0.15, 0.2) is 9.59 Å². The van der Waals surface area contributed by atoms with Crippen LogP contribution in [0.2, 0.25) is 0 Å². The molecule has 3 N–H and O–H groups in total. The fraction of sp³-hybridized carbons (Fsp3) is 0.579. The lowest BCUT2D eigenvalue weighted by Gasteiger charge is -2.25. The highest BCUT2D eigenvalue weighted by Crippen LogP contribution is 2.40. The van der Waals surface area contributed by atoms with Gasteiger partial charge in [0.2, 0.25) is 0 Å². The Kier molecular flexibility index (Phi) is 3.95. The smallest absolute Gasteiger partial charge is 0.329 e. The molecular weight excluding hydrogens is 335 g/mol. The van der Waals surface area contributed by atoms with Crippen molar-refractivity contribution in [2.24, 2.45) is 11.7 Å². The molecule has 6 nitrogen and oxygen atoms in total. The molecule has 1 aliphatic carbocycles. The van der Waals surface area contributed by atoms with Crippen molar-refractivity contribution in [2.45, 2.75) is 52.1 Å². The zero-order chi connectivity index (χ0) is 18.7. The quantitative estimate of drug-likeness (QED) is 0.876. The predicted molar refractivity (Wildman–Crippen MR) is 101 cm³/mol. The number of nitrogens with two attached hydrogens (primary N) is 1. The summed E-state index contributed by atoms with van der Waals surface area (Å²) in [7, 11) is 0. The number of H-pyrrole nitrogens is 1. The monoisotopic (exact) mass is 360 g/mol. The molecule has 1 saturated heterocycles. The van der Waals surface area contributed by atoms with Gasteiger partial charge >= 0.3 is 5.69 Å². The van der Waals surface area contributed by atoms with Crippen LogP contribution in [0.3, 0.4) is 0 Å². The molecule has 0 bridgehead atoms. The van der Waals surface area contributed by atoms with Gasteiger partial charge in [0, 0.05) is 36.3 Å². The topological polar surface area (TPSA) is 84.1 Å². The van der Waals surface area contributed by atoms with Gasteiger partial charge in [-0.1, -0.05) is 0 Å². The van der Waals surface area contributed by atoms with Gasteiger partial charge in [0.15, 0.2) is 5.82 Å². The van der Waals surface area contributed by atoms with Crippen molar-refractivity contribution in [1.29, 1.82) is 0 Å². The van der Waals surface area contributed by atoms with Gasteiger partial charge in [-0.25, -0.2) is 9.18 Å². The van der Waals surface area contributed by atoms with Gasteiger partial charge in [-0.3, -0.25) is 14.3 Å². The molecule has 140 valence electrons. The van der Waals surface area contributed by atoms with Crippen LogP contribution >= 0.6 is 0 Å². The third-order valence-corrected chi connectivity index (χ3v) is 5.96. The number of nitrogens with one attached hydrogen (secondary N) is 1. The highest BCUT2D eigenvalue weighted by atomic mass is 19.1. The van der Waals surface area contributed by atoms with E-state index in [2.05, 4.69) is 4.98 Å². The molecule has 2 atom stereocenters. The number of fused-ring (bicyclic) bond motifs is 1. The summed E-state index contributed by atoms with van der Waals surface area (Å²) >= 11 is 0. The lowest BCUT2D eigenvalue weighted by atomic mass is 10.0. The maximum Gasteiger partial charge on any atom is 0.329 e. The van der Waals surface area contributed by atoms with E-state index in [0.29, 0.717) is 34.8 Å². The number of hydrogen-bond acceptors (Lipinski definition) is 4. The fourth-order valence-corrected chi connectivity index (χ4v) is 4.31. The highest BCUT2D eigenvalue weighted by Gasteiger charge is 2.33. The van der Waals surface area contributed by atoms with E-state index in [-0.39, 0.29) is 23.3 Å². The van der Waals surface area contributed by atoms with Crippen molar-refractivity contribution in [3.05, 3.63) is 37.8 Å². The van der Waals surface area contributed by atoms with Crippen LogP contribution in [-0.2, 0) is 0 Å². The van der Waals surface area contributed by atoms with Crippen molar-refractivity contribution in [3.8, 4) is 0 Å². The molecule has 7 heteroatoms. The summed E-state index contributed by atoms with van der Waals surface area (Å²) in [5.41, 5.74) is 7.19. The number of aromatic nitrogens is 2. The zero-order valence-electron chi connectivity index (χ0n) is 15.4. The Morgan fingerprint density at radius 2 is 1.88 bits per heavy atom. The molecule has 2 aliphatic rings. The molecular formula is C19H25FN4O2. The maximum atomic E-state index is 15.3. The average molecular weight is 360 g/mol. The summed E-state index contributed by atoms with van der Waals surface area (Å²) in [6.07, 6.45) is 2.73. The van der Waals surface area contributed by atoms with Gasteiger partial charge in [-0.15, -0.1) is 0 Å². The highest BCUT2D eigenvalue weighted by molar-refractivity contribution is 5.90. The number of rotatable bonds is 3. The van der Waals surface area contributed by atoms with E-state index < -0.39 is 11.2 Å². The van der Waals surface area contributed by atoms with Crippen LogP contribution in [0.25, 0.3) is 10.9 Å². The first kappa shape index (κ1) is 17.3. The third kappa shape index (κ3) is 2.48. The zero-order valence-corrected chi connectivity index (χ0v) is 15.4. The Morgan fingerprint density at radius 3 is 2.46 bits per heavy atom. The van der Waals surface area contributed by atoms with E-state index in [1.807, 2.05) is 18.7 Å². The molecule has 0 spiro atoms. The molecule has 2 heterocycles. The standard InChI is InChI=1S/C19H25FN4O2/c1-9-14-16(24(13-4-5-13)19(26)22-18(14)25)10(2)17(15(9)20)23-7-6-12(8-23)11(3)21/h11-13H,4-8,21H2,1-3H3,(H,22,25,26)/t11-,12+/m1/s1. The van der Waals surface area contributed by atoms with Crippen molar-refractivity contribution in [2.75, 3.05) is 18.0 Å². The van der Waals surface area contributed by atoms with Gasteiger partial charge in [-0.2, -0.15) is 0 Å². The molecule has 2 fully saturated rings. The molecule has 0 amide bonds. The van der Waals surface area contributed by atoms with Crippen LogP contribution in [0, 0.1) is 25.6 Å². The lowest BCUT2D eigenvalue weighted by Crippen LogP contribution is -2.33. The second-order valence-electron chi connectivity index (χ2n) is 7.85. The van der Waals surface area contributed by atoms with E-state index in [9.17, 15) is 9.59 Å². The average Bonchev–Trinajstić information content (AvgIpc) is 3.28. The van der Waals surface area contributed by atoms with Crippen molar-refractivity contribution >= 4 is 16.6 Å². The number of hydrogen-bond donors (Lipinski definition) is 2. The number of benzene rings is 1. The van der Waals surface area contributed by atoms with Gasteiger partial charge < -0.3 is 10.6 Å². The van der Waals surface area contributed by atoms with E-state index in [4.69, 9.17) is 5.73 Å². The summed E-state index contributed by atoms with van der Waals surface area (Å²) in [5, 5.41) is 0.290. The van der Waals surface area contributed by atoms with Crippen LogP contribution in [0.5, 0.6) is 0 Å². The number of halogens is 1. The summed E-state index contributed by atoms with van der Waals surface area (Å²) in [5.74, 6) is -0.0542. The minimum absolute atomic E-state index is 0.0532. The predicted octanol–water partition coefficient (Wildman–Crippen LogP) is 1.95. The first-order chi connectivity index (χ1) is 12.3. The SMILES string of the molecule is Cc1c(F)c(N2CC[C@H]([C@@H](C)N)C2)c(C)c2c1c(=O)[nH]c(=O)n2C1CC1. The van der Waals surface area contributed by atoms with Crippen LogP contribution in [0.1, 0.15) is 43.4 Å². The number of aromatic amines is 1. The van der Waals surface area contributed by atoms with Gasteiger partial charge in [0.25, 0.3) is 5.56 Å². The summed E-state index contributed by atoms with van der Waals surface area (Å²) < 4.78 is 16.9.